The third-order valence-electron chi connectivity index (χ3n) is 2.48. The molecule has 0 fully saturated rings. The van der Waals surface area contributed by atoms with Gasteiger partial charge in [0, 0.05) is 11.8 Å². The number of nitrogens with zero attached hydrogens (tertiary/aromatic N) is 1. The van der Waals surface area contributed by atoms with Crippen LogP contribution in [-0.4, -0.2) is 21.2 Å². The second-order valence-electron chi connectivity index (χ2n) is 3.52. The molecule has 17 heavy (non-hydrogen) atoms. The second-order valence-corrected chi connectivity index (χ2v) is 3.52. The molecule has 1 aromatic carbocycles. The Hall–Kier alpha value is -2.20. The summed E-state index contributed by atoms with van der Waals surface area (Å²) in [5, 5.41) is 18.3. The lowest BCUT2D eigenvalue weighted by Gasteiger charge is -2.08. The van der Waals surface area contributed by atoms with Crippen molar-refractivity contribution in [1.82, 2.24) is 4.98 Å². The molecule has 0 aliphatic heterocycles. The van der Waals surface area contributed by atoms with E-state index in [1.165, 1.54) is 12.3 Å². The first-order valence-electron chi connectivity index (χ1n) is 5.11. The third-order valence-corrected chi connectivity index (χ3v) is 2.48. The predicted molar refractivity (Wildman–Crippen MR) is 62.6 cm³/mol. The lowest BCUT2D eigenvalue weighted by molar-refractivity contribution is 0.0697. The minimum atomic E-state index is -1.03. The largest absolute Gasteiger partial charge is 0.478 e. The minimum Gasteiger partial charge on any atom is -0.478 e. The molecule has 0 amide bonds. The highest BCUT2D eigenvalue weighted by atomic mass is 16.4. The Morgan fingerprint density at radius 1 is 1.18 bits per heavy atom. The molecule has 86 valence electrons. The molecule has 4 nitrogen and oxygen atoms in total. The lowest BCUT2D eigenvalue weighted by Crippen LogP contribution is -2.02. The standard InChI is InChI=1S/C13H11NO3/c15-8-9-4-1-2-5-10(9)12-11(13(16)17)6-3-7-14-12/h1-7,15H,8H2,(H,16,17). The van der Waals surface area contributed by atoms with Crippen molar-refractivity contribution in [3.63, 3.8) is 0 Å². The van der Waals surface area contributed by atoms with Crippen molar-refractivity contribution in [2.24, 2.45) is 0 Å². The Balaban J connectivity index is 2.64. The molecule has 0 saturated heterocycles. The summed E-state index contributed by atoms with van der Waals surface area (Å²) in [7, 11) is 0. The van der Waals surface area contributed by atoms with Crippen molar-refractivity contribution in [2.45, 2.75) is 6.61 Å². The Morgan fingerprint density at radius 2 is 1.94 bits per heavy atom. The van der Waals surface area contributed by atoms with Gasteiger partial charge in [-0.2, -0.15) is 0 Å². The molecule has 0 bridgehead atoms. The number of aromatic carboxylic acids is 1. The van der Waals surface area contributed by atoms with Crippen LogP contribution in [0.3, 0.4) is 0 Å². The summed E-state index contributed by atoms with van der Waals surface area (Å²) in [6.45, 7) is -0.147. The van der Waals surface area contributed by atoms with Crippen LogP contribution >= 0.6 is 0 Å². The Labute approximate surface area is 98.2 Å². The quantitative estimate of drug-likeness (QED) is 0.843. The van der Waals surface area contributed by atoms with E-state index in [0.717, 1.165) is 0 Å². The van der Waals surface area contributed by atoms with Gasteiger partial charge in [-0.1, -0.05) is 24.3 Å². The summed E-state index contributed by atoms with van der Waals surface area (Å²) in [5.74, 6) is -1.03. The van der Waals surface area contributed by atoms with Gasteiger partial charge in [-0.05, 0) is 17.7 Å². The molecule has 0 aliphatic carbocycles. The highest BCUT2D eigenvalue weighted by Gasteiger charge is 2.14. The van der Waals surface area contributed by atoms with E-state index in [2.05, 4.69) is 4.98 Å². The maximum Gasteiger partial charge on any atom is 0.337 e. The number of aliphatic hydroxyl groups is 1. The first kappa shape index (κ1) is 11.3. The zero-order valence-electron chi connectivity index (χ0n) is 9.00. The topological polar surface area (TPSA) is 70.4 Å². The molecule has 0 radical (unpaired) electrons. The van der Waals surface area contributed by atoms with Crippen molar-refractivity contribution >= 4 is 5.97 Å². The molecule has 2 aromatic rings. The van der Waals surface area contributed by atoms with Gasteiger partial charge in [0.15, 0.2) is 0 Å². The van der Waals surface area contributed by atoms with E-state index in [4.69, 9.17) is 5.11 Å². The zero-order valence-corrected chi connectivity index (χ0v) is 9.00. The molecule has 2 N–H and O–H groups in total. The number of hydrogen-bond donors (Lipinski definition) is 2. The molecule has 0 unspecified atom stereocenters. The lowest BCUT2D eigenvalue weighted by atomic mass is 10.0. The van der Waals surface area contributed by atoms with Crippen molar-refractivity contribution in [1.29, 1.82) is 0 Å². The number of pyridine rings is 1. The number of hydrogen-bond acceptors (Lipinski definition) is 3. The summed E-state index contributed by atoms with van der Waals surface area (Å²) in [5.41, 5.74) is 1.82. The monoisotopic (exact) mass is 229 g/mol. The van der Waals surface area contributed by atoms with Crippen LogP contribution < -0.4 is 0 Å². The van der Waals surface area contributed by atoms with E-state index < -0.39 is 5.97 Å². The van der Waals surface area contributed by atoms with Gasteiger partial charge in [-0.15, -0.1) is 0 Å². The van der Waals surface area contributed by atoms with E-state index in [0.29, 0.717) is 16.8 Å². The van der Waals surface area contributed by atoms with E-state index in [-0.39, 0.29) is 12.2 Å². The van der Waals surface area contributed by atoms with Crippen molar-refractivity contribution in [2.75, 3.05) is 0 Å². The summed E-state index contributed by atoms with van der Waals surface area (Å²) in [4.78, 5) is 15.2. The molecule has 1 heterocycles. The molecule has 4 heteroatoms. The highest BCUT2D eigenvalue weighted by Crippen LogP contribution is 2.24. The Bertz CT molecular complexity index is 552. The zero-order chi connectivity index (χ0) is 12.3. The predicted octanol–water partition coefficient (Wildman–Crippen LogP) is 1.94. The van der Waals surface area contributed by atoms with Gasteiger partial charge >= 0.3 is 5.97 Å². The average Bonchev–Trinajstić information content (AvgIpc) is 2.38. The number of aliphatic hydroxyl groups excluding tert-OH is 1. The number of carboxylic acid groups (broad SMARTS) is 1. The molecule has 0 spiro atoms. The maximum atomic E-state index is 11.1. The Morgan fingerprint density at radius 3 is 2.65 bits per heavy atom. The summed E-state index contributed by atoms with van der Waals surface area (Å²) in [6.07, 6.45) is 1.54. The van der Waals surface area contributed by atoms with E-state index in [9.17, 15) is 9.90 Å². The number of carbonyl (C=O) groups is 1. The van der Waals surface area contributed by atoms with Crippen LogP contribution in [0.5, 0.6) is 0 Å². The van der Waals surface area contributed by atoms with Crippen LogP contribution in [0.1, 0.15) is 15.9 Å². The van der Waals surface area contributed by atoms with Crippen LogP contribution in [0.4, 0.5) is 0 Å². The van der Waals surface area contributed by atoms with Crippen molar-refractivity contribution < 1.29 is 15.0 Å². The summed E-state index contributed by atoms with van der Waals surface area (Å²) < 4.78 is 0. The number of carboxylic acids is 1. The fourth-order valence-electron chi connectivity index (χ4n) is 1.68. The average molecular weight is 229 g/mol. The molecular formula is C13H11NO3. The fraction of sp³-hybridized carbons (Fsp3) is 0.0769. The normalized spacial score (nSPS) is 10.2. The second kappa shape index (κ2) is 4.76. The van der Waals surface area contributed by atoms with Crippen LogP contribution in [0.25, 0.3) is 11.3 Å². The van der Waals surface area contributed by atoms with Gasteiger partial charge in [0.05, 0.1) is 17.9 Å². The molecular weight excluding hydrogens is 218 g/mol. The first-order valence-corrected chi connectivity index (χ1v) is 5.11. The smallest absolute Gasteiger partial charge is 0.337 e. The molecule has 0 aliphatic rings. The van der Waals surface area contributed by atoms with E-state index in [1.54, 1.807) is 30.3 Å². The number of aromatic nitrogens is 1. The van der Waals surface area contributed by atoms with Gasteiger partial charge in [-0.3, -0.25) is 4.98 Å². The van der Waals surface area contributed by atoms with Crippen molar-refractivity contribution in [3.05, 3.63) is 53.7 Å². The van der Waals surface area contributed by atoms with E-state index in [1.807, 2.05) is 0 Å². The Kier molecular flexibility index (Phi) is 3.16. The van der Waals surface area contributed by atoms with Gasteiger partial charge in [0.1, 0.15) is 0 Å². The molecule has 0 saturated carbocycles. The van der Waals surface area contributed by atoms with Gasteiger partial charge in [0.2, 0.25) is 0 Å². The van der Waals surface area contributed by atoms with E-state index >= 15 is 0 Å². The summed E-state index contributed by atoms with van der Waals surface area (Å²) in [6, 6.07) is 10.1. The van der Waals surface area contributed by atoms with Crippen molar-refractivity contribution in [3.8, 4) is 11.3 Å². The molecule has 0 atom stereocenters. The first-order chi connectivity index (χ1) is 8.24. The highest BCUT2D eigenvalue weighted by molar-refractivity contribution is 5.95. The summed E-state index contributed by atoms with van der Waals surface area (Å²) >= 11 is 0. The van der Waals surface area contributed by atoms with Crippen LogP contribution in [0.15, 0.2) is 42.6 Å². The SMILES string of the molecule is O=C(O)c1cccnc1-c1ccccc1CO. The number of rotatable bonds is 3. The van der Waals surface area contributed by atoms with Gasteiger partial charge < -0.3 is 10.2 Å². The van der Waals surface area contributed by atoms with Crippen LogP contribution in [-0.2, 0) is 6.61 Å². The minimum absolute atomic E-state index is 0.133. The number of benzene rings is 1. The van der Waals surface area contributed by atoms with Crippen LogP contribution in [0.2, 0.25) is 0 Å². The van der Waals surface area contributed by atoms with Crippen LogP contribution in [0, 0.1) is 0 Å². The van der Waals surface area contributed by atoms with Gasteiger partial charge in [0.25, 0.3) is 0 Å². The third kappa shape index (κ3) is 2.16. The maximum absolute atomic E-state index is 11.1. The fourth-order valence-corrected chi connectivity index (χ4v) is 1.68. The van der Waals surface area contributed by atoms with Gasteiger partial charge in [-0.25, -0.2) is 4.79 Å². The molecule has 1 aromatic heterocycles. The molecule has 2 rings (SSSR count).